The second kappa shape index (κ2) is 12.5. The number of aliphatic hydroxyl groups excluding tert-OH is 4. The Morgan fingerprint density at radius 3 is 1.57 bits per heavy atom. The van der Waals surface area contributed by atoms with E-state index in [1.807, 2.05) is 0 Å². The highest BCUT2D eigenvalue weighted by atomic mass is 16.5. The molecule has 6 N–H and O–H groups in total. The molecular weight excluding hydrogens is 284 g/mol. The van der Waals surface area contributed by atoms with Crippen LogP contribution < -0.4 is 10.6 Å². The fourth-order valence-electron chi connectivity index (χ4n) is 1.34. The summed E-state index contributed by atoms with van der Waals surface area (Å²) in [6.07, 6.45) is -2.51. The predicted molar refractivity (Wildman–Crippen MR) is 72.3 cm³/mol. The van der Waals surface area contributed by atoms with Gasteiger partial charge in [-0.2, -0.15) is 0 Å². The second-order valence-corrected chi connectivity index (χ2v) is 4.25. The Morgan fingerprint density at radius 1 is 0.857 bits per heavy atom. The van der Waals surface area contributed by atoms with Gasteiger partial charge in [0.1, 0.15) is 12.2 Å². The lowest BCUT2D eigenvalue weighted by molar-refractivity contribution is -0.130. The van der Waals surface area contributed by atoms with Crippen molar-refractivity contribution in [3.63, 3.8) is 0 Å². The lowest BCUT2D eigenvalue weighted by Gasteiger charge is -2.11. The Labute approximate surface area is 122 Å². The minimum Gasteiger partial charge on any atom is -0.396 e. The van der Waals surface area contributed by atoms with Gasteiger partial charge in [0.2, 0.25) is 11.8 Å². The normalized spacial score (nSPS) is 13.5. The summed E-state index contributed by atoms with van der Waals surface area (Å²) in [5.74, 6) is -1.15. The number of hydrogen-bond donors (Lipinski definition) is 6. The molecule has 21 heavy (non-hydrogen) atoms. The summed E-state index contributed by atoms with van der Waals surface area (Å²) in [7, 11) is 0. The zero-order valence-corrected chi connectivity index (χ0v) is 11.8. The van der Waals surface area contributed by atoms with Crippen LogP contribution in [0.15, 0.2) is 0 Å². The third-order valence-electron chi connectivity index (χ3n) is 2.50. The van der Waals surface area contributed by atoms with Crippen LogP contribution in [0.2, 0.25) is 0 Å². The van der Waals surface area contributed by atoms with Crippen molar-refractivity contribution in [3.8, 4) is 0 Å². The average molecular weight is 308 g/mol. The van der Waals surface area contributed by atoms with E-state index in [1.54, 1.807) is 0 Å². The Balaban J connectivity index is 3.48. The van der Waals surface area contributed by atoms with Crippen molar-refractivity contribution in [1.82, 2.24) is 10.6 Å². The molecule has 0 aromatic rings. The molecule has 124 valence electrons. The van der Waals surface area contributed by atoms with Gasteiger partial charge in [-0.25, -0.2) is 0 Å². The first kappa shape index (κ1) is 19.7. The fourth-order valence-corrected chi connectivity index (χ4v) is 1.34. The van der Waals surface area contributed by atoms with E-state index in [-0.39, 0.29) is 52.4 Å². The molecule has 0 heterocycles. The van der Waals surface area contributed by atoms with Crippen molar-refractivity contribution in [2.75, 3.05) is 39.5 Å². The largest absolute Gasteiger partial charge is 0.396 e. The highest BCUT2D eigenvalue weighted by Gasteiger charge is 2.14. The smallest absolute Gasteiger partial charge is 0.249 e. The summed E-state index contributed by atoms with van der Waals surface area (Å²) in [5, 5.41) is 40.4. The van der Waals surface area contributed by atoms with E-state index in [1.165, 1.54) is 0 Å². The minimum absolute atomic E-state index is 0.0190. The average Bonchev–Trinajstić information content (AvgIpc) is 2.46. The Kier molecular flexibility index (Phi) is 11.7. The molecule has 0 saturated heterocycles. The van der Waals surface area contributed by atoms with E-state index in [4.69, 9.17) is 14.9 Å². The van der Waals surface area contributed by atoms with Gasteiger partial charge in [0.15, 0.2) is 0 Å². The van der Waals surface area contributed by atoms with Crippen molar-refractivity contribution < 1.29 is 34.8 Å². The van der Waals surface area contributed by atoms with Crippen LogP contribution in [0.3, 0.4) is 0 Å². The van der Waals surface area contributed by atoms with E-state index in [2.05, 4.69) is 10.6 Å². The molecule has 9 heteroatoms. The van der Waals surface area contributed by atoms with Gasteiger partial charge >= 0.3 is 0 Å². The topological polar surface area (TPSA) is 148 Å². The van der Waals surface area contributed by atoms with Gasteiger partial charge < -0.3 is 35.8 Å². The summed E-state index contributed by atoms with van der Waals surface area (Å²) < 4.78 is 5.12. The second-order valence-electron chi connectivity index (χ2n) is 4.25. The number of carbonyl (C=O) groups excluding carboxylic acids is 2. The van der Waals surface area contributed by atoms with Crippen LogP contribution >= 0.6 is 0 Å². The molecule has 0 aromatic carbocycles. The third-order valence-corrected chi connectivity index (χ3v) is 2.50. The summed E-state index contributed by atoms with van der Waals surface area (Å²) in [6.45, 7) is 0.254. The van der Waals surface area contributed by atoms with Crippen LogP contribution in [0.5, 0.6) is 0 Å². The molecular formula is C12H24N2O7. The van der Waals surface area contributed by atoms with Gasteiger partial charge in [-0.3, -0.25) is 9.59 Å². The Bertz CT molecular complexity index is 273. The highest BCUT2D eigenvalue weighted by Crippen LogP contribution is 1.90. The number of aliphatic hydroxyl groups is 4. The van der Waals surface area contributed by atoms with E-state index in [0.29, 0.717) is 0 Å². The summed E-state index contributed by atoms with van der Waals surface area (Å²) in [6, 6.07) is 0. The van der Waals surface area contributed by atoms with E-state index < -0.39 is 24.0 Å². The van der Waals surface area contributed by atoms with Gasteiger partial charge in [-0.1, -0.05) is 0 Å². The van der Waals surface area contributed by atoms with E-state index in [0.717, 1.165) is 0 Å². The van der Waals surface area contributed by atoms with Crippen LogP contribution in [-0.4, -0.2) is 84.0 Å². The molecule has 0 aliphatic heterocycles. The third kappa shape index (κ3) is 10.2. The number of amides is 2. The molecule has 2 atom stereocenters. The molecule has 0 rings (SSSR count). The maximum Gasteiger partial charge on any atom is 0.249 e. The number of hydrogen-bond acceptors (Lipinski definition) is 7. The fraction of sp³-hybridized carbons (Fsp3) is 0.833. The van der Waals surface area contributed by atoms with Gasteiger partial charge in [0.25, 0.3) is 0 Å². The zero-order chi connectivity index (χ0) is 16.1. The molecule has 0 fully saturated rings. The number of nitrogens with one attached hydrogen (secondary N) is 2. The van der Waals surface area contributed by atoms with Crippen LogP contribution in [-0.2, 0) is 14.3 Å². The molecule has 9 nitrogen and oxygen atoms in total. The van der Waals surface area contributed by atoms with Gasteiger partial charge in [0.05, 0.1) is 13.2 Å². The van der Waals surface area contributed by atoms with Crippen molar-refractivity contribution in [2.45, 2.75) is 25.0 Å². The van der Waals surface area contributed by atoms with Crippen LogP contribution in [0.4, 0.5) is 0 Å². The number of rotatable bonds is 12. The highest BCUT2D eigenvalue weighted by molar-refractivity contribution is 5.80. The lowest BCUT2D eigenvalue weighted by atomic mass is 10.2. The summed E-state index contributed by atoms with van der Waals surface area (Å²) in [5.41, 5.74) is 0. The van der Waals surface area contributed by atoms with Crippen molar-refractivity contribution in [3.05, 3.63) is 0 Å². The van der Waals surface area contributed by atoms with Crippen LogP contribution in [0.1, 0.15) is 12.8 Å². The quantitative estimate of drug-likeness (QED) is 0.207. The SMILES string of the molecule is O=C(NCCOCCNC(=O)C(O)CCO)C(O)CCO. The van der Waals surface area contributed by atoms with Crippen molar-refractivity contribution in [1.29, 1.82) is 0 Å². The Hall–Kier alpha value is -1.26. The molecule has 0 radical (unpaired) electrons. The standard InChI is InChI=1S/C12H24N2O7/c15-5-1-9(17)11(19)13-3-7-21-8-4-14-12(20)10(18)2-6-16/h9-10,15-18H,1-8H2,(H,13,19)(H,14,20). The summed E-state index contributed by atoms with van der Waals surface area (Å²) >= 11 is 0. The van der Waals surface area contributed by atoms with Crippen molar-refractivity contribution in [2.24, 2.45) is 0 Å². The molecule has 0 spiro atoms. The van der Waals surface area contributed by atoms with Crippen LogP contribution in [0, 0.1) is 0 Å². The predicted octanol–water partition coefficient (Wildman–Crippen LogP) is -3.28. The van der Waals surface area contributed by atoms with Gasteiger partial charge in [-0.15, -0.1) is 0 Å². The van der Waals surface area contributed by atoms with Crippen LogP contribution in [0.25, 0.3) is 0 Å². The lowest BCUT2D eigenvalue weighted by Crippen LogP contribution is -2.38. The van der Waals surface area contributed by atoms with Gasteiger partial charge in [-0.05, 0) is 0 Å². The van der Waals surface area contributed by atoms with E-state index in [9.17, 15) is 19.8 Å². The zero-order valence-electron chi connectivity index (χ0n) is 11.8. The molecule has 0 aliphatic rings. The molecule has 2 unspecified atom stereocenters. The first-order valence-corrected chi connectivity index (χ1v) is 6.74. The molecule has 2 amide bonds. The maximum atomic E-state index is 11.2. The number of carbonyl (C=O) groups is 2. The minimum atomic E-state index is -1.23. The first-order valence-electron chi connectivity index (χ1n) is 6.74. The maximum absolute atomic E-state index is 11.2. The molecule has 0 aromatic heterocycles. The molecule has 0 saturated carbocycles. The number of ether oxygens (including phenoxy) is 1. The van der Waals surface area contributed by atoms with E-state index >= 15 is 0 Å². The van der Waals surface area contributed by atoms with Crippen molar-refractivity contribution >= 4 is 11.8 Å². The Morgan fingerprint density at radius 2 is 1.24 bits per heavy atom. The molecule has 0 aliphatic carbocycles. The first-order chi connectivity index (χ1) is 10.0. The monoisotopic (exact) mass is 308 g/mol. The summed E-state index contributed by atoms with van der Waals surface area (Å²) in [4.78, 5) is 22.4. The molecule has 0 bridgehead atoms. The van der Waals surface area contributed by atoms with Gasteiger partial charge in [0, 0.05) is 39.1 Å².